The topological polar surface area (TPSA) is 73.2 Å². The first kappa shape index (κ1) is 16.0. The van der Waals surface area contributed by atoms with Crippen LogP contribution < -0.4 is 5.32 Å². The van der Waals surface area contributed by atoms with Crippen LogP contribution in [0.25, 0.3) is 0 Å². The first-order valence-corrected chi connectivity index (χ1v) is 8.51. The molecular weight excluding hydrogens is 294 g/mol. The predicted octanol–water partition coefficient (Wildman–Crippen LogP) is 2.15. The summed E-state index contributed by atoms with van der Waals surface area (Å²) in [4.78, 5) is 24.2. The summed E-state index contributed by atoms with van der Waals surface area (Å²) in [7, 11) is 1.64. The van der Waals surface area contributed by atoms with Crippen molar-refractivity contribution in [3.05, 3.63) is 17.5 Å². The number of hydrogen-bond donors (Lipinski definition) is 1. The minimum Gasteiger partial charge on any atom is -0.461 e. The van der Waals surface area contributed by atoms with Crippen LogP contribution >= 0.6 is 0 Å². The van der Waals surface area contributed by atoms with Gasteiger partial charge in [0.2, 0.25) is 0 Å². The smallest absolute Gasteiger partial charge is 0.356 e. The lowest BCUT2D eigenvalue weighted by atomic mass is 9.84. The average molecular weight is 319 g/mol. The molecule has 3 rings (SSSR count). The van der Waals surface area contributed by atoms with Gasteiger partial charge in [0.25, 0.3) is 5.91 Å². The molecule has 2 bridgehead atoms. The molecule has 2 fully saturated rings. The molecular formula is C17H25N3O3. The largest absolute Gasteiger partial charge is 0.461 e. The molecule has 126 valence electrons. The van der Waals surface area contributed by atoms with Crippen molar-refractivity contribution in [3.63, 3.8) is 0 Å². The second-order valence-corrected chi connectivity index (χ2v) is 6.86. The van der Waals surface area contributed by atoms with Gasteiger partial charge in [-0.05, 0) is 50.9 Å². The highest BCUT2D eigenvalue weighted by Crippen LogP contribution is 2.49. The first-order valence-electron chi connectivity index (χ1n) is 8.51. The SMILES string of the molecule is CCOC(=O)c1cc(C(=O)NC(C)C2CC3CCC2C3)nn1C. The van der Waals surface area contributed by atoms with E-state index in [0.717, 1.165) is 11.8 Å². The third kappa shape index (κ3) is 3.12. The Morgan fingerprint density at radius 2 is 2.22 bits per heavy atom. The molecule has 0 radical (unpaired) electrons. The molecule has 2 saturated carbocycles. The van der Waals surface area contributed by atoms with Crippen LogP contribution in [0.15, 0.2) is 6.07 Å². The van der Waals surface area contributed by atoms with E-state index < -0.39 is 5.97 Å². The van der Waals surface area contributed by atoms with Crippen LogP contribution in [0, 0.1) is 17.8 Å². The molecule has 2 aliphatic carbocycles. The van der Waals surface area contributed by atoms with Gasteiger partial charge in [-0.1, -0.05) is 6.42 Å². The van der Waals surface area contributed by atoms with Crippen LogP contribution in [0.5, 0.6) is 0 Å². The standard InChI is InChI=1S/C17H25N3O3/c1-4-23-17(22)15-9-14(19-20(15)3)16(21)18-10(2)13-8-11-5-6-12(13)7-11/h9-13H,4-8H2,1-3H3,(H,18,21). The normalized spacial score (nSPS) is 27.0. The summed E-state index contributed by atoms with van der Waals surface area (Å²) in [5.74, 6) is 1.52. The quantitative estimate of drug-likeness (QED) is 0.844. The molecule has 0 aromatic carbocycles. The number of aromatic nitrogens is 2. The van der Waals surface area contributed by atoms with E-state index in [9.17, 15) is 9.59 Å². The molecule has 4 unspecified atom stereocenters. The molecule has 1 amide bonds. The van der Waals surface area contributed by atoms with Gasteiger partial charge in [0.15, 0.2) is 5.69 Å². The molecule has 23 heavy (non-hydrogen) atoms. The number of esters is 1. The van der Waals surface area contributed by atoms with Crippen molar-refractivity contribution in [2.45, 2.75) is 45.6 Å². The summed E-state index contributed by atoms with van der Waals surface area (Å²) in [6, 6.07) is 1.65. The van der Waals surface area contributed by atoms with Crippen molar-refractivity contribution in [1.82, 2.24) is 15.1 Å². The molecule has 6 nitrogen and oxygen atoms in total. The highest BCUT2D eigenvalue weighted by Gasteiger charge is 2.42. The highest BCUT2D eigenvalue weighted by atomic mass is 16.5. The van der Waals surface area contributed by atoms with E-state index in [2.05, 4.69) is 17.3 Å². The molecule has 1 N–H and O–H groups in total. The second kappa shape index (κ2) is 6.34. The van der Waals surface area contributed by atoms with E-state index in [1.54, 1.807) is 14.0 Å². The van der Waals surface area contributed by atoms with E-state index in [1.807, 2.05) is 0 Å². The van der Waals surface area contributed by atoms with Gasteiger partial charge < -0.3 is 10.1 Å². The number of aryl methyl sites for hydroxylation is 1. The zero-order valence-corrected chi connectivity index (χ0v) is 14.0. The maximum absolute atomic E-state index is 12.4. The van der Waals surface area contributed by atoms with Crippen molar-refractivity contribution in [3.8, 4) is 0 Å². The van der Waals surface area contributed by atoms with E-state index in [-0.39, 0.29) is 17.6 Å². The van der Waals surface area contributed by atoms with Gasteiger partial charge in [0, 0.05) is 19.2 Å². The number of carbonyl (C=O) groups is 2. The Hall–Kier alpha value is -1.85. The highest BCUT2D eigenvalue weighted by molar-refractivity contribution is 5.96. The van der Waals surface area contributed by atoms with Crippen LogP contribution in [0.2, 0.25) is 0 Å². The van der Waals surface area contributed by atoms with E-state index in [1.165, 1.54) is 36.4 Å². The zero-order chi connectivity index (χ0) is 16.6. The Morgan fingerprint density at radius 1 is 1.43 bits per heavy atom. The number of nitrogens with one attached hydrogen (secondary N) is 1. The summed E-state index contributed by atoms with van der Waals surface area (Å²) in [6.45, 7) is 4.13. The van der Waals surface area contributed by atoms with Crippen LogP contribution in [0.1, 0.15) is 60.5 Å². The summed E-state index contributed by atoms with van der Waals surface area (Å²) in [5.41, 5.74) is 0.565. The van der Waals surface area contributed by atoms with Gasteiger partial charge in [-0.15, -0.1) is 0 Å². The Labute approximate surface area is 136 Å². The van der Waals surface area contributed by atoms with Crippen LogP contribution in [-0.2, 0) is 11.8 Å². The summed E-state index contributed by atoms with van der Waals surface area (Å²) in [5, 5.41) is 7.21. The number of fused-ring (bicyclic) bond motifs is 2. The fraction of sp³-hybridized carbons (Fsp3) is 0.706. The molecule has 1 aromatic rings. The lowest BCUT2D eigenvalue weighted by Crippen LogP contribution is -2.40. The van der Waals surface area contributed by atoms with Gasteiger partial charge in [0.05, 0.1) is 6.61 Å². The average Bonchev–Trinajstić information content (AvgIpc) is 3.21. The maximum Gasteiger partial charge on any atom is 0.356 e. The molecule has 2 aliphatic rings. The number of nitrogens with zero attached hydrogens (tertiary/aromatic N) is 2. The number of amides is 1. The van der Waals surface area contributed by atoms with Crippen molar-refractivity contribution in [1.29, 1.82) is 0 Å². The Balaban J connectivity index is 1.64. The van der Waals surface area contributed by atoms with Crippen molar-refractivity contribution >= 4 is 11.9 Å². The molecule has 0 saturated heterocycles. The number of rotatable bonds is 5. The Morgan fingerprint density at radius 3 is 2.83 bits per heavy atom. The first-order chi connectivity index (χ1) is 11.0. The van der Waals surface area contributed by atoms with Crippen molar-refractivity contribution in [2.75, 3.05) is 6.61 Å². The predicted molar refractivity (Wildman–Crippen MR) is 85.0 cm³/mol. The molecule has 4 atom stereocenters. The van der Waals surface area contributed by atoms with E-state index in [4.69, 9.17) is 4.74 Å². The Kier molecular flexibility index (Phi) is 4.41. The van der Waals surface area contributed by atoms with Gasteiger partial charge in [-0.3, -0.25) is 9.48 Å². The minimum absolute atomic E-state index is 0.144. The van der Waals surface area contributed by atoms with Gasteiger partial charge in [-0.2, -0.15) is 5.10 Å². The van der Waals surface area contributed by atoms with Crippen LogP contribution in [0.4, 0.5) is 0 Å². The van der Waals surface area contributed by atoms with Crippen LogP contribution in [-0.4, -0.2) is 34.3 Å². The number of ether oxygens (including phenoxy) is 1. The molecule has 1 aromatic heterocycles. The van der Waals surface area contributed by atoms with Gasteiger partial charge in [0.1, 0.15) is 5.69 Å². The van der Waals surface area contributed by atoms with E-state index >= 15 is 0 Å². The Bertz CT molecular complexity index is 610. The van der Waals surface area contributed by atoms with Gasteiger partial charge >= 0.3 is 5.97 Å². The maximum atomic E-state index is 12.4. The second-order valence-electron chi connectivity index (χ2n) is 6.86. The van der Waals surface area contributed by atoms with Crippen molar-refractivity contribution in [2.24, 2.45) is 24.8 Å². The molecule has 6 heteroatoms. The zero-order valence-electron chi connectivity index (χ0n) is 14.0. The third-order valence-electron chi connectivity index (χ3n) is 5.39. The third-order valence-corrected chi connectivity index (χ3v) is 5.39. The fourth-order valence-corrected chi connectivity index (χ4v) is 4.27. The minimum atomic E-state index is -0.456. The fourth-order valence-electron chi connectivity index (χ4n) is 4.27. The monoisotopic (exact) mass is 319 g/mol. The summed E-state index contributed by atoms with van der Waals surface area (Å²) in [6.07, 6.45) is 5.20. The van der Waals surface area contributed by atoms with E-state index in [0.29, 0.717) is 18.2 Å². The molecule has 0 aliphatic heterocycles. The lowest BCUT2D eigenvalue weighted by molar-refractivity contribution is 0.0513. The van der Waals surface area contributed by atoms with Crippen molar-refractivity contribution < 1.29 is 14.3 Å². The number of carbonyl (C=O) groups excluding carboxylic acids is 2. The molecule has 0 spiro atoms. The van der Waals surface area contributed by atoms with Gasteiger partial charge in [-0.25, -0.2) is 4.79 Å². The summed E-state index contributed by atoms with van der Waals surface area (Å²) < 4.78 is 6.36. The van der Waals surface area contributed by atoms with Crippen LogP contribution in [0.3, 0.4) is 0 Å². The molecule has 1 heterocycles. The number of hydrogen-bond acceptors (Lipinski definition) is 4. The lowest BCUT2D eigenvalue weighted by Gasteiger charge is -2.28. The summed E-state index contributed by atoms with van der Waals surface area (Å²) >= 11 is 0.